The van der Waals surface area contributed by atoms with Gasteiger partial charge in [0, 0.05) is 19.0 Å². The van der Waals surface area contributed by atoms with Crippen LogP contribution < -0.4 is 9.62 Å². The molecule has 0 aromatic heterocycles. The first-order chi connectivity index (χ1) is 19.0. The number of carbonyl (C=O) groups is 2. The maximum Gasteiger partial charge on any atom is 0.244 e. The molecule has 0 aliphatic rings. The van der Waals surface area contributed by atoms with Gasteiger partial charge in [0.05, 0.1) is 11.9 Å². The average Bonchev–Trinajstić information content (AvgIpc) is 2.94. The first kappa shape index (κ1) is 30.9. The molecule has 1 N–H and O–H groups in total. The molecule has 3 aromatic carbocycles. The number of nitrogens with one attached hydrogen (secondary N) is 1. The number of para-hydroxylation sites is 1. The van der Waals surface area contributed by atoms with Crippen molar-refractivity contribution in [1.29, 1.82) is 0 Å². The Morgan fingerprint density at radius 3 is 2.08 bits per heavy atom. The van der Waals surface area contributed by atoms with Crippen LogP contribution in [0.4, 0.5) is 5.69 Å². The Kier molecular flexibility index (Phi) is 10.9. The molecule has 3 aromatic rings. The summed E-state index contributed by atoms with van der Waals surface area (Å²) in [6, 6.07) is 23.6. The highest BCUT2D eigenvalue weighted by molar-refractivity contribution is 7.92. The lowest BCUT2D eigenvalue weighted by Crippen LogP contribution is -2.54. The van der Waals surface area contributed by atoms with Crippen LogP contribution in [0.1, 0.15) is 49.4 Å². The zero-order valence-electron chi connectivity index (χ0n) is 24.1. The van der Waals surface area contributed by atoms with Gasteiger partial charge in [-0.15, -0.1) is 0 Å². The molecule has 0 fully saturated rings. The molecular weight excluding hydrogens is 522 g/mol. The highest BCUT2D eigenvalue weighted by atomic mass is 32.2. The zero-order chi connectivity index (χ0) is 29.3. The normalized spacial score (nSPS) is 12.8. The molecule has 0 radical (unpaired) electrons. The zero-order valence-corrected chi connectivity index (χ0v) is 24.9. The minimum absolute atomic E-state index is 0.0786. The summed E-state index contributed by atoms with van der Waals surface area (Å²) in [5.74, 6) is -0.709. The number of carbonyl (C=O) groups excluding carboxylic acids is 2. The van der Waals surface area contributed by atoms with Gasteiger partial charge in [0.25, 0.3) is 0 Å². The Morgan fingerprint density at radius 1 is 0.875 bits per heavy atom. The lowest BCUT2D eigenvalue weighted by atomic mass is 10.0. The van der Waals surface area contributed by atoms with Gasteiger partial charge >= 0.3 is 0 Å². The van der Waals surface area contributed by atoms with Crippen molar-refractivity contribution in [3.8, 4) is 0 Å². The van der Waals surface area contributed by atoms with Crippen molar-refractivity contribution in [2.45, 2.75) is 65.6 Å². The maximum atomic E-state index is 14.2. The molecule has 8 heteroatoms. The smallest absolute Gasteiger partial charge is 0.244 e. The van der Waals surface area contributed by atoms with Crippen molar-refractivity contribution < 1.29 is 18.0 Å². The summed E-state index contributed by atoms with van der Waals surface area (Å²) in [6.07, 6.45) is 2.75. The van der Waals surface area contributed by atoms with Gasteiger partial charge in [0.2, 0.25) is 21.8 Å². The molecular formula is C32H41N3O4S. The largest absolute Gasteiger partial charge is 0.352 e. The summed E-state index contributed by atoms with van der Waals surface area (Å²) in [5, 5.41) is 3.05. The number of amides is 2. The van der Waals surface area contributed by atoms with Crippen LogP contribution in [-0.4, -0.2) is 50.0 Å². The van der Waals surface area contributed by atoms with E-state index in [1.165, 1.54) is 0 Å². The predicted molar refractivity (Wildman–Crippen MR) is 162 cm³/mol. The van der Waals surface area contributed by atoms with Crippen LogP contribution >= 0.6 is 0 Å². The molecule has 0 aliphatic heterocycles. The second kappa shape index (κ2) is 14.1. The summed E-state index contributed by atoms with van der Waals surface area (Å²) in [5.41, 5.74) is 4.08. The van der Waals surface area contributed by atoms with Crippen LogP contribution in [0.2, 0.25) is 0 Å². The molecule has 40 heavy (non-hydrogen) atoms. The number of nitrogens with zero attached hydrogens (tertiary/aromatic N) is 2. The van der Waals surface area contributed by atoms with Gasteiger partial charge < -0.3 is 10.2 Å². The molecule has 3 rings (SSSR count). The van der Waals surface area contributed by atoms with Crippen molar-refractivity contribution in [3.05, 3.63) is 101 Å². The summed E-state index contributed by atoms with van der Waals surface area (Å²) < 4.78 is 27.2. The molecule has 0 bridgehead atoms. The van der Waals surface area contributed by atoms with E-state index in [0.29, 0.717) is 18.5 Å². The van der Waals surface area contributed by atoms with Crippen molar-refractivity contribution in [2.24, 2.45) is 0 Å². The van der Waals surface area contributed by atoms with Crippen LogP contribution in [0.25, 0.3) is 0 Å². The van der Waals surface area contributed by atoms with Crippen molar-refractivity contribution >= 4 is 27.5 Å². The van der Waals surface area contributed by atoms with E-state index in [1.54, 1.807) is 17.0 Å². The third-order valence-electron chi connectivity index (χ3n) is 7.19. The second-order valence-electron chi connectivity index (χ2n) is 10.2. The molecule has 0 aliphatic carbocycles. The van der Waals surface area contributed by atoms with Gasteiger partial charge in [0.15, 0.2) is 0 Å². The fourth-order valence-corrected chi connectivity index (χ4v) is 5.49. The molecule has 0 heterocycles. The molecule has 2 amide bonds. The lowest BCUT2D eigenvalue weighted by molar-refractivity contribution is -0.140. The van der Waals surface area contributed by atoms with Gasteiger partial charge in [-0.05, 0) is 55.0 Å². The first-order valence-corrected chi connectivity index (χ1v) is 15.6. The summed E-state index contributed by atoms with van der Waals surface area (Å²) in [4.78, 5) is 29.5. The Bertz CT molecular complexity index is 1390. The highest BCUT2D eigenvalue weighted by Crippen LogP contribution is 2.25. The molecule has 0 unspecified atom stereocenters. The van der Waals surface area contributed by atoms with E-state index in [4.69, 9.17) is 0 Å². The Hall–Kier alpha value is -3.65. The number of anilines is 1. The Morgan fingerprint density at radius 2 is 1.48 bits per heavy atom. The van der Waals surface area contributed by atoms with E-state index in [-0.39, 0.29) is 18.5 Å². The number of hydrogen-bond donors (Lipinski definition) is 1. The van der Waals surface area contributed by atoms with E-state index in [9.17, 15) is 18.0 Å². The Labute approximate surface area is 239 Å². The van der Waals surface area contributed by atoms with Gasteiger partial charge in [-0.1, -0.05) is 86.6 Å². The third-order valence-corrected chi connectivity index (χ3v) is 8.32. The average molecular weight is 564 g/mol. The van der Waals surface area contributed by atoms with Gasteiger partial charge in [-0.2, -0.15) is 0 Å². The lowest BCUT2D eigenvalue weighted by Gasteiger charge is -2.34. The van der Waals surface area contributed by atoms with E-state index in [0.717, 1.165) is 39.2 Å². The quantitative estimate of drug-likeness (QED) is 0.321. The minimum atomic E-state index is -3.80. The van der Waals surface area contributed by atoms with E-state index in [2.05, 4.69) is 5.32 Å². The fraction of sp³-hybridized carbons (Fsp3) is 0.375. The SMILES string of the molecule is CCc1ccccc1N(CC(=O)N(Cc1ccccc1C)[C@H](Cc1ccccc1)C(=O)N[C@H](C)CC)S(C)(=O)=O. The molecule has 2 atom stereocenters. The molecule has 214 valence electrons. The maximum absolute atomic E-state index is 14.2. The summed E-state index contributed by atoms with van der Waals surface area (Å²) in [7, 11) is -3.80. The molecule has 7 nitrogen and oxygen atoms in total. The van der Waals surface area contributed by atoms with Crippen LogP contribution in [0.3, 0.4) is 0 Å². The third kappa shape index (κ3) is 8.18. The van der Waals surface area contributed by atoms with E-state index < -0.39 is 28.5 Å². The van der Waals surface area contributed by atoms with Crippen LogP contribution in [0.5, 0.6) is 0 Å². The first-order valence-electron chi connectivity index (χ1n) is 13.8. The van der Waals surface area contributed by atoms with Gasteiger partial charge in [-0.3, -0.25) is 13.9 Å². The topological polar surface area (TPSA) is 86.8 Å². The Balaban J connectivity index is 2.09. The number of hydrogen-bond acceptors (Lipinski definition) is 4. The van der Waals surface area contributed by atoms with Crippen LogP contribution in [0, 0.1) is 6.92 Å². The number of rotatable bonds is 13. The van der Waals surface area contributed by atoms with Crippen molar-refractivity contribution in [1.82, 2.24) is 10.2 Å². The molecule has 0 spiro atoms. The minimum Gasteiger partial charge on any atom is -0.352 e. The van der Waals surface area contributed by atoms with Gasteiger partial charge in [-0.25, -0.2) is 8.42 Å². The molecule has 0 saturated carbocycles. The summed E-state index contributed by atoms with van der Waals surface area (Å²) >= 11 is 0. The molecule has 0 saturated heterocycles. The van der Waals surface area contributed by atoms with Gasteiger partial charge in [0.1, 0.15) is 12.6 Å². The van der Waals surface area contributed by atoms with Crippen molar-refractivity contribution in [3.63, 3.8) is 0 Å². The van der Waals surface area contributed by atoms with E-state index in [1.807, 2.05) is 94.4 Å². The number of aryl methyl sites for hydroxylation is 2. The highest BCUT2D eigenvalue weighted by Gasteiger charge is 2.34. The number of benzene rings is 3. The monoisotopic (exact) mass is 563 g/mol. The van der Waals surface area contributed by atoms with Crippen LogP contribution in [0.15, 0.2) is 78.9 Å². The number of sulfonamides is 1. The summed E-state index contributed by atoms with van der Waals surface area (Å²) in [6.45, 7) is 7.58. The predicted octanol–water partition coefficient (Wildman–Crippen LogP) is 4.88. The fourth-order valence-electron chi connectivity index (χ4n) is 4.61. The van der Waals surface area contributed by atoms with E-state index >= 15 is 0 Å². The van der Waals surface area contributed by atoms with Crippen LogP contribution in [-0.2, 0) is 39.0 Å². The second-order valence-corrected chi connectivity index (χ2v) is 12.1. The van der Waals surface area contributed by atoms with Crippen molar-refractivity contribution in [2.75, 3.05) is 17.1 Å². The standard InChI is InChI=1S/C32H41N3O4S/c1-6-25(4)33-32(37)30(21-26-16-9-8-10-17-26)34(22-28-19-12-11-15-24(28)3)31(36)23-35(40(5,38)39)29-20-14-13-18-27(29)7-2/h8-20,25,30H,6-7,21-23H2,1-5H3,(H,33,37)/t25-,30-/m1/s1.